The summed E-state index contributed by atoms with van der Waals surface area (Å²) in [5.74, 6) is -1.43. The maximum Gasteiger partial charge on any atom is 0.338 e. The van der Waals surface area contributed by atoms with E-state index in [1.165, 1.54) is 25.1 Å². The van der Waals surface area contributed by atoms with Gasteiger partial charge in [0.2, 0.25) is 0 Å². The zero-order valence-corrected chi connectivity index (χ0v) is 11.5. The number of hydrogen-bond donors (Lipinski definition) is 1. The van der Waals surface area contributed by atoms with E-state index in [0.29, 0.717) is 5.56 Å². The van der Waals surface area contributed by atoms with Gasteiger partial charge in [0.1, 0.15) is 0 Å². The normalized spacial score (nSPS) is 9.95. The van der Waals surface area contributed by atoms with Crippen LogP contribution in [0.1, 0.15) is 22.8 Å². The highest BCUT2D eigenvalue weighted by molar-refractivity contribution is 6.11. The first kappa shape index (κ1) is 14.5. The van der Waals surface area contributed by atoms with E-state index in [9.17, 15) is 14.7 Å². The fourth-order valence-corrected chi connectivity index (χ4v) is 1.72. The lowest BCUT2D eigenvalue weighted by atomic mass is 10.0. The van der Waals surface area contributed by atoms with Gasteiger partial charge in [0, 0.05) is 11.1 Å². The highest BCUT2D eigenvalue weighted by atomic mass is 16.5. The van der Waals surface area contributed by atoms with Crippen molar-refractivity contribution in [2.75, 3.05) is 0 Å². The summed E-state index contributed by atoms with van der Waals surface area (Å²) in [6.45, 7) is 4.96. The number of esters is 1. The van der Waals surface area contributed by atoms with Gasteiger partial charge in [-0.05, 0) is 19.1 Å². The molecule has 106 valence electrons. The monoisotopic (exact) mass is 282 g/mol. The van der Waals surface area contributed by atoms with Gasteiger partial charge in [-0.15, -0.1) is 0 Å². The molecule has 0 bridgehead atoms. The Morgan fingerprint density at radius 2 is 1.71 bits per heavy atom. The highest BCUT2D eigenvalue weighted by Crippen LogP contribution is 2.31. The molecule has 0 atom stereocenters. The topological polar surface area (TPSA) is 63.6 Å². The summed E-state index contributed by atoms with van der Waals surface area (Å²) in [7, 11) is 0. The van der Waals surface area contributed by atoms with E-state index < -0.39 is 5.97 Å². The lowest BCUT2D eigenvalue weighted by Gasteiger charge is -2.09. The number of aromatic hydroxyl groups is 1. The molecule has 0 heterocycles. The van der Waals surface area contributed by atoms with Crippen molar-refractivity contribution in [3.63, 3.8) is 0 Å². The molecule has 21 heavy (non-hydrogen) atoms. The molecule has 0 spiro atoms. The first-order valence-electron chi connectivity index (χ1n) is 6.30. The van der Waals surface area contributed by atoms with Crippen LogP contribution in [0.3, 0.4) is 0 Å². The van der Waals surface area contributed by atoms with E-state index in [1.807, 2.05) is 0 Å². The van der Waals surface area contributed by atoms with Crippen LogP contribution in [0.2, 0.25) is 0 Å². The van der Waals surface area contributed by atoms with Crippen LogP contribution >= 0.6 is 0 Å². The molecule has 1 N–H and O–H groups in total. The average molecular weight is 282 g/mol. The summed E-state index contributed by atoms with van der Waals surface area (Å²) < 4.78 is 4.99. The summed E-state index contributed by atoms with van der Waals surface area (Å²) in [6.07, 6.45) is 0. The summed E-state index contributed by atoms with van der Waals surface area (Å²) >= 11 is 0. The number of para-hydroxylation sites is 1. The number of benzene rings is 2. The van der Waals surface area contributed by atoms with Crippen LogP contribution in [0.4, 0.5) is 0 Å². The van der Waals surface area contributed by atoms with Crippen LogP contribution in [-0.4, -0.2) is 16.9 Å². The van der Waals surface area contributed by atoms with E-state index in [0.717, 1.165) is 0 Å². The van der Waals surface area contributed by atoms with E-state index >= 15 is 0 Å². The van der Waals surface area contributed by atoms with Crippen LogP contribution < -0.4 is 4.74 Å². The molecule has 0 aromatic heterocycles. The SMILES string of the molecule is C=C(C)C(=O)Oc1cccc(C(=O)c2ccccc2)c1O. The Balaban J connectivity index is 2.36. The zero-order chi connectivity index (χ0) is 15.4. The molecule has 0 aliphatic heterocycles. The summed E-state index contributed by atoms with van der Waals surface area (Å²) in [6, 6.07) is 13.0. The van der Waals surface area contributed by atoms with Gasteiger partial charge in [-0.25, -0.2) is 4.79 Å². The standard InChI is InChI=1S/C17H14O4/c1-11(2)17(20)21-14-10-6-9-13(16(14)19)15(18)12-7-4-3-5-8-12/h3-10,19H,1H2,2H3. The van der Waals surface area contributed by atoms with Gasteiger partial charge in [-0.2, -0.15) is 0 Å². The van der Waals surface area contributed by atoms with Gasteiger partial charge >= 0.3 is 5.97 Å². The summed E-state index contributed by atoms with van der Waals surface area (Å²) in [5, 5.41) is 10.1. The molecule has 0 saturated heterocycles. The number of carbonyl (C=O) groups excluding carboxylic acids is 2. The molecule has 2 aromatic carbocycles. The van der Waals surface area contributed by atoms with Crippen molar-refractivity contribution in [2.45, 2.75) is 6.92 Å². The second-order valence-electron chi connectivity index (χ2n) is 4.52. The smallest absolute Gasteiger partial charge is 0.338 e. The number of phenols is 1. The van der Waals surface area contributed by atoms with Crippen molar-refractivity contribution in [1.82, 2.24) is 0 Å². The van der Waals surface area contributed by atoms with Gasteiger partial charge in [0.25, 0.3) is 0 Å². The van der Waals surface area contributed by atoms with Gasteiger partial charge in [0.15, 0.2) is 17.3 Å². The minimum atomic E-state index is -0.658. The van der Waals surface area contributed by atoms with Crippen LogP contribution in [0, 0.1) is 0 Å². The van der Waals surface area contributed by atoms with Crippen LogP contribution in [0.15, 0.2) is 60.7 Å². The first-order chi connectivity index (χ1) is 10.0. The molecule has 0 aliphatic rings. The number of hydrogen-bond acceptors (Lipinski definition) is 4. The highest BCUT2D eigenvalue weighted by Gasteiger charge is 2.18. The number of carbonyl (C=O) groups is 2. The maximum absolute atomic E-state index is 12.3. The quantitative estimate of drug-likeness (QED) is 0.405. The molecule has 0 fully saturated rings. The van der Waals surface area contributed by atoms with Gasteiger partial charge in [0.05, 0.1) is 5.56 Å². The third kappa shape index (κ3) is 3.17. The maximum atomic E-state index is 12.3. The van der Waals surface area contributed by atoms with Gasteiger partial charge in [-0.1, -0.05) is 43.0 Å². The molecule has 2 aromatic rings. The van der Waals surface area contributed by atoms with Gasteiger partial charge in [-0.3, -0.25) is 4.79 Å². The minimum Gasteiger partial charge on any atom is -0.504 e. The first-order valence-corrected chi connectivity index (χ1v) is 6.30. The lowest BCUT2D eigenvalue weighted by molar-refractivity contribution is -0.130. The molecule has 0 unspecified atom stereocenters. The summed E-state index contributed by atoms with van der Waals surface area (Å²) in [4.78, 5) is 23.8. The van der Waals surface area contributed by atoms with E-state index in [4.69, 9.17) is 4.74 Å². The van der Waals surface area contributed by atoms with Crippen molar-refractivity contribution in [2.24, 2.45) is 0 Å². The van der Waals surface area contributed by atoms with Crippen molar-refractivity contribution in [3.8, 4) is 11.5 Å². The lowest BCUT2D eigenvalue weighted by Crippen LogP contribution is -2.09. The number of rotatable bonds is 4. The van der Waals surface area contributed by atoms with Crippen LogP contribution in [0.25, 0.3) is 0 Å². The Labute approximate surface area is 122 Å². The second kappa shape index (κ2) is 6.05. The third-order valence-corrected chi connectivity index (χ3v) is 2.83. The molecule has 4 nitrogen and oxygen atoms in total. The zero-order valence-electron chi connectivity index (χ0n) is 11.5. The molecule has 0 radical (unpaired) electrons. The van der Waals surface area contributed by atoms with Crippen molar-refractivity contribution < 1.29 is 19.4 Å². The van der Waals surface area contributed by atoms with Crippen molar-refractivity contribution in [3.05, 3.63) is 71.8 Å². The predicted octanol–water partition coefficient (Wildman–Crippen LogP) is 3.10. The fourth-order valence-electron chi connectivity index (χ4n) is 1.72. The molecule has 2 rings (SSSR count). The largest absolute Gasteiger partial charge is 0.504 e. The third-order valence-electron chi connectivity index (χ3n) is 2.83. The van der Waals surface area contributed by atoms with E-state index in [-0.39, 0.29) is 28.4 Å². The van der Waals surface area contributed by atoms with E-state index in [2.05, 4.69) is 6.58 Å². The fraction of sp³-hybridized carbons (Fsp3) is 0.0588. The molecule has 0 amide bonds. The molecular formula is C17H14O4. The number of ketones is 1. The van der Waals surface area contributed by atoms with Gasteiger partial charge < -0.3 is 9.84 Å². The van der Waals surface area contributed by atoms with Crippen molar-refractivity contribution in [1.29, 1.82) is 0 Å². The Hall–Kier alpha value is -2.88. The minimum absolute atomic E-state index is 0.0650. The average Bonchev–Trinajstić information content (AvgIpc) is 2.49. The number of ether oxygens (including phenoxy) is 1. The Morgan fingerprint density at radius 3 is 2.33 bits per heavy atom. The number of phenolic OH excluding ortho intramolecular Hbond substituents is 1. The predicted molar refractivity (Wildman–Crippen MR) is 78.4 cm³/mol. The molecule has 0 saturated carbocycles. The van der Waals surface area contributed by atoms with Crippen LogP contribution in [0.5, 0.6) is 11.5 Å². The van der Waals surface area contributed by atoms with Crippen LogP contribution in [-0.2, 0) is 4.79 Å². The second-order valence-corrected chi connectivity index (χ2v) is 4.52. The Morgan fingerprint density at radius 1 is 1.05 bits per heavy atom. The van der Waals surface area contributed by atoms with E-state index in [1.54, 1.807) is 30.3 Å². The molecule has 0 aliphatic carbocycles. The Kier molecular flexibility index (Phi) is 4.18. The summed E-state index contributed by atoms with van der Waals surface area (Å²) in [5.41, 5.74) is 0.721. The van der Waals surface area contributed by atoms with Crippen molar-refractivity contribution >= 4 is 11.8 Å². The molecular weight excluding hydrogens is 268 g/mol. The molecule has 4 heteroatoms. The Bertz CT molecular complexity index is 702.